The van der Waals surface area contributed by atoms with Crippen LogP contribution in [0.25, 0.3) is 11.0 Å². The molecular formula is C24H22N4O2. The summed E-state index contributed by atoms with van der Waals surface area (Å²) < 4.78 is 10.6. The fourth-order valence-corrected chi connectivity index (χ4v) is 3.14. The van der Waals surface area contributed by atoms with Crippen LogP contribution in [0.2, 0.25) is 0 Å². The Bertz CT molecular complexity index is 1180. The fourth-order valence-electron chi connectivity index (χ4n) is 3.14. The van der Waals surface area contributed by atoms with E-state index >= 15 is 0 Å². The molecule has 0 radical (unpaired) electrons. The monoisotopic (exact) mass is 398 g/mol. The Morgan fingerprint density at radius 2 is 1.53 bits per heavy atom. The highest BCUT2D eigenvalue weighted by Gasteiger charge is 2.09. The van der Waals surface area contributed by atoms with Gasteiger partial charge < -0.3 is 9.47 Å². The summed E-state index contributed by atoms with van der Waals surface area (Å²) in [4.78, 5) is 9.54. The minimum atomic E-state index is 0.634. The third-order valence-electron chi connectivity index (χ3n) is 4.65. The van der Waals surface area contributed by atoms with Crippen molar-refractivity contribution in [3.63, 3.8) is 0 Å². The number of hydrogen-bond acceptors (Lipinski definition) is 6. The number of hydrogen-bond donors (Lipinski definition) is 1. The second-order valence-corrected chi connectivity index (χ2v) is 6.65. The zero-order valence-corrected chi connectivity index (χ0v) is 16.9. The van der Waals surface area contributed by atoms with E-state index in [4.69, 9.17) is 19.4 Å². The van der Waals surface area contributed by atoms with Gasteiger partial charge in [0.05, 0.1) is 37.2 Å². The van der Waals surface area contributed by atoms with E-state index in [2.05, 4.69) is 22.7 Å². The van der Waals surface area contributed by atoms with Gasteiger partial charge in [-0.3, -0.25) is 5.43 Å². The van der Waals surface area contributed by atoms with Crippen LogP contribution in [0.1, 0.15) is 16.8 Å². The van der Waals surface area contributed by atoms with E-state index in [-0.39, 0.29) is 0 Å². The number of aromatic nitrogens is 2. The van der Waals surface area contributed by atoms with Crippen molar-refractivity contribution < 1.29 is 9.47 Å². The molecule has 0 aliphatic rings. The van der Waals surface area contributed by atoms with Crippen LogP contribution in [0.15, 0.2) is 77.9 Å². The number of rotatable bonds is 7. The van der Waals surface area contributed by atoms with Gasteiger partial charge in [0.1, 0.15) is 0 Å². The van der Waals surface area contributed by atoms with Crippen molar-refractivity contribution in [3.8, 4) is 11.5 Å². The summed E-state index contributed by atoms with van der Waals surface area (Å²) in [5, 5.41) is 4.38. The Balaban J connectivity index is 1.62. The van der Waals surface area contributed by atoms with Crippen molar-refractivity contribution in [1.29, 1.82) is 0 Å². The lowest BCUT2D eigenvalue weighted by Gasteiger charge is -2.10. The Morgan fingerprint density at radius 3 is 2.27 bits per heavy atom. The number of hydrazone groups is 1. The van der Waals surface area contributed by atoms with Crippen LogP contribution < -0.4 is 14.9 Å². The van der Waals surface area contributed by atoms with E-state index < -0.39 is 0 Å². The van der Waals surface area contributed by atoms with E-state index in [0.717, 1.165) is 27.9 Å². The van der Waals surface area contributed by atoms with E-state index in [1.807, 2.05) is 60.7 Å². The van der Waals surface area contributed by atoms with E-state index in [1.54, 1.807) is 20.4 Å². The van der Waals surface area contributed by atoms with Gasteiger partial charge in [-0.2, -0.15) is 5.10 Å². The molecular weight excluding hydrogens is 376 g/mol. The number of para-hydroxylation sites is 2. The van der Waals surface area contributed by atoms with Crippen LogP contribution in [-0.4, -0.2) is 30.4 Å². The maximum absolute atomic E-state index is 5.35. The van der Waals surface area contributed by atoms with Gasteiger partial charge in [0.25, 0.3) is 0 Å². The maximum atomic E-state index is 5.35. The van der Waals surface area contributed by atoms with Crippen LogP contribution in [0, 0.1) is 0 Å². The molecule has 1 N–H and O–H groups in total. The molecule has 0 saturated carbocycles. The highest BCUT2D eigenvalue weighted by atomic mass is 16.5. The SMILES string of the molecule is COc1ccc(/C=N/Nc2nc3ccccc3nc2Cc2ccccc2)cc1OC. The van der Waals surface area contributed by atoms with Crippen molar-refractivity contribution >= 4 is 23.1 Å². The zero-order chi connectivity index (χ0) is 20.8. The van der Waals surface area contributed by atoms with Crippen molar-refractivity contribution in [2.75, 3.05) is 19.6 Å². The van der Waals surface area contributed by atoms with Gasteiger partial charge in [0, 0.05) is 6.42 Å². The van der Waals surface area contributed by atoms with E-state index in [1.165, 1.54) is 0 Å². The lowest BCUT2D eigenvalue weighted by Crippen LogP contribution is -2.04. The van der Waals surface area contributed by atoms with Gasteiger partial charge in [-0.25, -0.2) is 9.97 Å². The predicted octanol–water partition coefficient (Wildman–Crippen LogP) is 4.68. The second kappa shape index (κ2) is 9.05. The van der Waals surface area contributed by atoms with E-state index in [9.17, 15) is 0 Å². The minimum Gasteiger partial charge on any atom is -0.493 e. The summed E-state index contributed by atoms with van der Waals surface area (Å²) >= 11 is 0. The Morgan fingerprint density at radius 1 is 0.833 bits per heavy atom. The average Bonchev–Trinajstić information content (AvgIpc) is 2.80. The van der Waals surface area contributed by atoms with Crippen molar-refractivity contribution in [2.45, 2.75) is 6.42 Å². The highest BCUT2D eigenvalue weighted by Crippen LogP contribution is 2.27. The molecule has 150 valence electrons. The summed E-state index contributed by atoms with van der Waals surface area (Å²) in [6.45, 7) is 0. The van der Waals surface area contributed by atoms with Crippen LogP contribution in [-0.2, 0) is 6.42 Å². The molecule has 0 saturated heterocycles. The number of ether oxygens (including phenoxy) is 2. The van der Waals surface area contributed by atoms with Gasteiger partial charge >= 0.3 is 0 Å². The smallest absolute Gasteiger partial charge is 0.169 e. The first kappa shape index (κ1) is 19.4. The number of methoxy groups -OCH3 is 2. The number of nitrogens with zero attached hydrogens (tertiary/aromatic N) is 3. The molecule has 0 atom stereocenters. The number of fused-ring (bicyclic) bond motifs is 1. The zero-order valence-electron chi connectivity index (χ0n) is 16.9. The van der Waals surface area contributed by atoms with Gasteiger partial charge in [-0.1, -0.05) is 42.5 Å². The van der Waals surface area contributed by atoms with Crippen LogP contribution in [0.3, 0.4) is 0 Å². The van der Waals surface area contributed by atoms with Gasteiger partial charge in [-0.05, 0) is 41.5 Å². The van der Waals surface area contributed by atoms with Crippen LogP contribution >= 0.6 is 0 Å². The van der Waals surface area contributed by atoms with Crippen LogP contribution in [0.4, 0.5) is 5.82 Å². The molecule has 4 rings (SSSR count). The number of anilines is 1. The molecule has 0 unspecified atom stereocenters. The van der Waals surface area contributed by atoms with Crippen LogP contribution in [0.5, 0.6) is 11.5 Å². The van der Waals surface area contributed by atoms with Gasteiger partial charge in [-0.15, -0.1) is 0 Å². The molecule has 0 spiro atoms. The quantitative estimate of drug-likeness (QED) is 0.361. The molecule has 0 amide bonds. The number of benzene rings is 3. The standard InChI is InChI=1S/C24H22N4O2/c1-29-22-13-12-18(15-23(22)30-2)16-25-28-24-21(14-17-8-4-3-5-9-17)26-19-10-6-7-11-20(19)27-24/h3-13,15-16H,14H2,1-2H3,(H,27,28)/b25-16+. The second-order valence-electron chi connectivity index (χ2n) is 6.65. The maximum Gasteiger partial charge on any atom is 0.169 e. The Labute approximate surface area is 175 Å². The first-order chi connectivity index (χ1) is 14.8. The summed E-state index contributed by atoms with van der Waals surface area (Å²) in [5.41, 5.74) is 7.61. The topological polar surface area (TPSA) is 68.6 Å². The molecule has 0 aliphatic heterocycles. The summed E-state index contributed by atoms with van der Waals surface area (Å²) in [6, 6.07) is 23.6. The third kappa shape index (κ3) is 4.38. The van der Waals surface area contributed by atoms with Gasteiger partial charge in [0.15, 0.2) is 17.3 Å². The molecule has 30 heavy (non-hydrogen) atoms. The lowest BCUT2D eigenvalue weighted by atomic mass is 10.1. The molecule has 6 heteroatoms. The molecule has 1 aromatic heterocycles. The molecule has 0 bridgehead atoms. The minimum absolute atomic E-state index is 0.634. The van der Waals surface area contributed by atoms with E-state index in [0.29, 0.717) is 23.7 Å². The van der Waals surface area contributed by atoms with Crippen molar-refractivity contribution in [2.24, 2.45) is 5.10 Å². The predicted molar refractivity (Wildman–Crippen MR) is 120 cm³/mol. The lowest BCUT2D eigenvalue weighted by molar-refractivity contribution is 0.355. The molecule has 0 fully saturated rings. The average molecular weight is 398 g/mol. The molecule has 0 aliphatic carbocycles. The largest absolute Gasteiger partial charge is 0.493 e. The van der Waals surface area contributed by atoms with Crippen molar-refractivity contribution in [1.82, 2.24) is 9.97 Å². The normalized spacial score (nSPS) is 11.0. The summed E-state index contributed by atoms with van der Waals surface area (Å²) in [7, 11) is 3.22. The summed E-state index contributed by atoms with van der Waals surface area (Å²) in [6.07, 6.45) is 2.37. The first-order valence-corrected chi connectivity index (χ1v) is 9.57. The number of nitrogens with one attached hydrogen (secondary N) is 1. The van der Waals surface area contributed by atoms with Crippen molar-refractivity contribution in [3.05, 3.63) is 89.6 Å². The molecule has 6 nitrogen and oxygen atoms in total. The third-order valence-corrected chi connectivity index (χ3v) is 4.65. The Hall–Kier alpha value is -3.93. The fraction of sp³-hybridized carbons (Fsp3) is 0.125. The highest BCUT2D eigenvalue weighted by molar-refractivity contribution is 5.82. The summed E-state index contributed by atoms with van der Waals surface area (Å²) in [5.74, 6) is 1.96. The molecule has 1 heterocycles. The Kier molecular flexibility index (Phi) is 5.85. The molecule has 4 aromatic rings. The molecule has 3 aromatic carbocycles. The van der Waals surface area contributed by atoms with Gasteiger partial charge in [0.2, 0.25) is 0 Å². The first-order valence-electron chi connectivity index (χ1n) is 9.57.